The Bertz CT molecular complexity index is 1380. The van der Waals surface area contributed by atoms with Crippen LogP contribution in [0.2, 0.25) is 0 Å². The van der Waals surface area contributed by atoms with Gasteiger partial charge in [0.05, 0.1) is 4.91 Å². The first-order chi connectivity index (χ1) is 15.5. The highest BCUT2D eigenvalue weighted by Gasteiger charge is 2.27. The number of benzene rings is 3. The van der Waals surface area contributed by atoms with E-state index in [1.165, 1.54) is 33.7 Å². The van der Waals surface area contributed by atoms with E-state index in [1.807, 2.05) is 12.1 Å². The molecule has 6 heteroatoms. The van der Waals surface area contributed by atoms with E-state index in [2.05, 4.69) is 0 Å². The zero-order valence-electron chi connectivity index (χ0n) is 16.5. The van der Waals surface area contributed by atoms with Gasteiger partial charge in [0.15, 0.2) is 17.3 Å². The van der Waals surface area contributed by atoms with Crippen LogP contribution in [-0.2, 0) is 0 Å². The van der Waals surface area contributed by atoms with E-state index in [-0.39, 0.29) is 23.1 Å². The molecule has 3 aromatic rings. The van der Waals surface area contributed by atoms with Gasteiger partial charge in [-0.3, -0.25) is 19.2 Å². The van der Waals surface area contributed by atoms with Crippen molar-refractivity contribution < 1.29 is 19.2 Å². The summed E-state index contributed by atoms with van der Waals surface area (Å²) in [5.74, 6) is -0.696. The van der Waals surface area contributed by atoms with Crippen LogP contribution in [0.3, 0.4) is 0 Å². The Balaban J connectivity index is 1.33. The molecule has 0 aromatic heterocycles. The number of carbonyl (C=O) groups is 4. The summed E-state index contributed by atoms with van der Waals surface area (Å²) in [5.41, 5.74) is 2.71. The van der Waals surface area contributed by atoms with E-state index in [0.717, 1.165) is 4.90 Å². The largest absolute Gasteiger partial charge is 0.289 e. The maximum atomic E-state index is 12.8. The van der Waals surface area contributed by atoms with Crippen LogP contribution in [0.1, 0.15) is 47.0 Å². The van der Waals surface area contributed by atoms with Crippen LogP contribution in [0.5, 0.6) is 0 Å². The molecule has 0 amide bonds. The molecule has 32 heavy (non-hydrogen) atoms. The monoisotopic (exact) mass is 454 g/mol. The van der Waals surface area contributed by atoms with E-state index in [4.69, 9.17) is 0 Å². The summed E-state index contributed by atoms with van der Waals surface area (Å²) in [6.45, 7) is 0. The second-order valence-electron chi connectivity index (χ2n) is 7.24. The summed E-state index contributed by atoms with van der Waals surface area (Å²) in [6, 6.07) is 20.8. The SMILES string of the molecule is O=C1C=C(SSc2ccc(C3=CC(=O)c4ccccc4C3=O)cc2)C(=O)c2ccccc21. The Hall–Kier alpha value is -3.48. The van der Waals surface area contributed by atoms with Crippen molar-refractivity contribution in [3.05, 3.63) is 118 Å². The van der Waals surface area contributed by atoms with Crippen LogP contribution < -0.4 is 0 Å². The second kappa shape index (κ2) is 8.22. The number of hydrogen-bond donors (Lipinski definition) is 0. The molecule has 0 fully saturated rings. The van der Waals surface area contributed by atoms with Crippen LogP contribution in [0, 0.1) is 0 Å². The molecule has 0 radical (unpaired) electrons. The van der Waals surface area contributed by atoms with Crippen molar-refractivity contribution in [3.63, 3.8) is 0 Å². The Kier molecular flexibility index (Phi) is 5.25. The summed E-state index contributed by atoms with van der Waals surface area (Å²) < 4.78 is 0. The van der Waals surface area contributed by atoms with Gasteiger partial charge in [-0.1, -0.05) is 71.5 Å². The maximum absolute atomic E-state index is 12.8. The minimum atomic E-state index is -0.183. The third-order valence-corrected chi connectivity index (χ3v) is 7.67. The fraction of sp³-hybridized carbons (Fsp3) is 0. The van der Waals surface area contributed by atoms with Gasteiger partial charge in [-0.2, -0.15) is 0 Å². The lowest BCUT2D eigenvalue weighted by Crippen LogP contribution is -2.15. The van der Waals surface area contributed by atoms with Gasteiger partial charge in [0, 0.05) is 38.8 Å². The van der Waals surface area contributed by atoms with E-state index in [0.29, 0.717) is 38.3 Å². The molecule has 0 spiro atoms. The minimum Gasteiger partial charge on any atom is -0.289 e. The predicted octanol–water partition coefficient (Wildman–Crippen LogP) is 5.85. The topological polar surface area (TPSA) is 68.3 Å². The Labute approximate surface area is 191 Å². The average molecular weight is 455 g/mol. The molecule has 0 saturated carbocycles. The van der Waals surface area contributed by atoms with Crippen LogP contribution in [-0.4, -0.2) is 23.1 Å². The third kappa shape index (κ3) is 3.57. The highest BCUT2D eigenvalue weighted by molar-refractivity contribution is 8.78. The van der Waals surface area contributed by atoms with Crippen molar-refractivity contribution >= 4 is 50.3 Å². The molecule has 0 bridgehead atoms. The third-order valence-electron chi connectivity index (χ3n) is 5.27. The lowest BCUT2D eigenvalue weighted by molar-refractivity contribution is 0.0991. The van der Waals surface area contributed by atoms with Crippen molar-refractivity contribution in [2.45, 2.75) is 4.90 Å². The van der Waals surface area contributed by atoms with Crippen molar-refractivity contribution in [2.75, 3.05) is 0 Å². The Morgan fingerprint density at radius 2 is 1.03 bits per heavy atom. The molecule has 0 N–H and O–H groups in total. The first kappa shape index (κ1) is 20.4. The quantitative estimate of drug-likeness (QED) is 0.461. The number of ketones is 4. The molecule has 0 saturated heterocycles. The molecule has 2 aliphatic rings. The minimum absolute atomic E-state index is 0.163. The molecule has 5 rings (SSSR count). The highest BCUT2D eigenvalue weighted by Crippen LogP contribution is 2.40. The van der Waals surface area contributed by atoms with Gasteiger partial charge in [0.1, 0.15) is 0 Å². The molecule has 0 unspecified atom stereocenters. The van der Waals surface area contributed by atoms with Crippen LogP contribution in [0.4, 0.5) is 0 Å². The van der Waals surface area contributed by atoms with Gasteiger partial charge < -0.3 is 0 Å². The fourth-order valence-corrected chi connectivity index (χ4v) is 5.70. The van der Waals surface area contributed by atoms with Crippen molar-refractivity contribution in [1.82, 2.24) is 0 Å². The normalized spacial score (nSPS) is 15.1. The smallest absolute Gasteiger partial charge is 0.201 e. The van der Waals surface area contributed by atoms with Gasteiger partial charge in [-0.15, -0.1) is 0 Å². The molecule has 0 aliphatic heterocycles. The molecular weight excluding hydrogens is 440 g/mol. The fourth-order valence-electron chi connectivity index (χ4n) is 3.67. The molecule has 0 atom stereocenters. The second-order valence-corrected chi connectivity index (χ2v) is 9.48. The van der Waals surface area contributed by atoms with Crippen LogP contribution >= 0.6 is 21.6 Å². The first-order valence-electron chi connectivity index (χ1n) is 9.77. The number of rotatable bonds is 4. The zero-order chi connectivity index (χ0) is 22.2. The Morgan fingerprint density at radius 3 is 1.66 bits per heavy atom. The predicted molar refractivity (Wildman–Crippen MR) is 126 cm³/mol. The van der Waals surface area contributed by atoms with E-state index in [9.17, 15) is 19.2 Å². The number of allylic oxidation sites excluding steroid dienone is 4. The first-order valence-corrected chi connectivity index (χ1v) is 11.9. The highest BCUT2D eigenvalue weighted by atomic mass is 33.1. The summed E-state index contributed by atoms with van der Waals surface area (Å²) >= 11 is 0. The van der Waals surface area contributed by atoms with Crippen molar-refractivity contribution in [1.29, 1.82) is 0 Å². The van der Waals surface area contributed by atoms with Gasteiger partial charge >= 0.3 is 0 Å². The van der Waals surface area contributed by atoms with E-state index >= 15 is 0 Å². The summed E-state index contributed by atoms with van der Waals surface area (Å²) in [5, 5.41) is 0. The lowest BCUT2D eigenvalue weighted by atomic mass is 9.86. The van der Waals surface area contributed by atoms with Crippen molar-refractivity contribution in [2.24, 2.45) is 0 Å². The van der Waals surface area contributed by atoms with Crippen LogP contribution in [0.15, 0.2) is 94.7 Å². The molecule has 4 nitrogen and oxygen atoms in total. The average Bonchev–Trinajstić information content (AvgIpc) is 2.83. The zero-order valence-corrected chi connectivity index (χ0v) is 18.2. The van der Waals surface area contributed by atoms with Gasteiger partial charge in [0.2, 0.25) is 5.78 Å². The lowest BCUT2D eigenvalue weighted by Gasteiger charge is -2.15. The van der Waals surface area contributed by atoms with Gasteiger partial charge in [-0.05, 0) is 34.6 Å². The van der Waals surface area contributed by atoms with Gasteiger partial charge in [0.25, 0.3) is 0 Å². The molecule has 3 aromatic carbocycles. The molecule has 154 valence electrons. The number of fused-ring (bicyclic) bond motifs is 2. The molecule has 2 aliphatic carbocycles. The van der Waals surface area contributed by atoms with Gasteiger partial charge in [-0.25, -0.2) is 0 Å². The number of carbonyl (C=O) groups excluding carboxylic acids is 4. The molecule has 0 heterocycles. The molecular formula is C26H14O4S2. The summed E-state index contributed by atoms with van der Waals surface area (Å²) in [6.07, 6.45) is 2.77. The van der Waals surface area contributed by atoms with Crippen LogP contribution in [0.25, 0.3) is 5.57 Å². The summed E-state index contributed by atoms with van der Waals surface area (Å²) in [7, 11) is 2.59. The summed E-state index contributed by atoms with van der Waals surface area (Å²) in [4.78, 5) is 51.5. The van der Waals surface area contributed by atoms with E-state index < -0.39 is 0 Å². The Morgan fingerprint density at radius 1 is 0.500 bits per heavy atom. The van der Waals surface area contributed by atoms with Crippen molar-refractivity contribution in [3.8, 4) is 0 Å². The number of hydrogen-bond acceptors (Lipinski definition) is 6. The standard InChI is InChI=1S/C26H14O4S2/c27-22-13-21(25(29)19-7-3-1-5-17(19)22)15-9-11-16(12-10-15)31-32-24-14-23(28)18-6-2-4-8-20(18)26(24)30/h1-14H. The maximum Gasteiger partial charge on any atom is 0.201 e. The van der Waals surface area contributed by atoms with E-state index in [1.54, 1.807) is 60.7 Å². The number of Topliss-reactive ketones (excluding diaryl/α,β-unsaturated/α-hetero) is 2.